The molecule has 0 atom stereocenters. The molecule has 0 fully saturated rings. The van der Waals surface area contributed by atoms with Gasteiger partial charge in [0.25, 0.3) is 0 Å². The predicted octanol–water partition coefficient (Wildman–Crippen LogP) is 1.26. The van der Waals surface area contributed by atoms with E-state index < -0.39 is 0 Å². The second kappa shape index (κ2) is 1.62. The monoisotopic (exact) mass is 109 g/mol. The average molecular weight is 109 g/mol. The van der Waals surface area contributed by atoms with Gasteiger partial charge in [0, 0.05) is 24.9 Å². The van der Waals surface area contributed by atoms with Gasteiger partial charge in [-0.25, -0.2) is 4.37 Å². The zero-order valence-electron chi connectivity index (χ0n) is 3.59. The predicted molar refractivity (Wildman–Crippen MR) is 28.9 cm³/mol. The third-order valence-electron chi connectivity index (χ3n) is 0.627. The maximum Gasteiger partial charge on any atom is 0.0445 e. The van der Waals surface area contributed by atoms with Crippen molar-refractivity contribution in [2.75, 3.05) is 0 Å². The summed E-state index contributed by atoms with van der Waals surface area (Å²) in [6.07, 6.45) is 1.54. The highest BCUT2D eigenvalue weighted by Gasteiger charge is 1.89. The molecule has 2 heteroatoms. The van der Waals surface area contributed by atoms with Gasteiger partial charge in [0.05, 0.1) is 0 Å². The molecule has 0 bridgehead atoms. The summed E-state index contributed by atoms with van der Waals surface area (Å²) < 4.78 is 3.71. The van der Waals surface area contributed by atoms with Gasteiger partial charge in [-0.05, 0) is 17.1 Å². The number of hydrogen-bond donors (Lipinski definition) is 0. The Balaban J connectivity index is 3.12. The molecule has 0 spiro atoms. The van der Waals surface area contributed by atoms with E-state index in [1.165, 1.54) is 11.5 Å². The molecule has 0 aliphatic heterocycles. The van der Waals surface area contributed by atoms with Crippen LogP contribution in [0.4, 0.5) is 0 Å². The Morgan fingerprint density at radius 3 is 2.43 bits per heavy atom. The maximum absolute atomic E-state index is 5.27. The highest BCUT2D eigenvalue weighted by molar-refractivity contribution is 7.06. The quantitative estimate of drug-likeness (QED) is 0.488. The van der Waals surface area contributed by atoms with E-state index in [4.69, 9.17) is 13.8 Å². The van der Waals surface area contributed by atoms with Crippen LogP contribution in [-0.4, -0.2) is 4.37 Å². The van der Waals surface area contributed by atoms with Crippen molar-refractivity contribution in [3.05, 3.63) is 30.5 Å². The second-order valence-electron chi connectivity index (χ2n) is 1.15. The van der Waals surface area contributed by atoms with E-state index in [0.29, 0.717) is 10.4 Å². The van der Waals surface area contributed by atoms with Crippen LogP contribution in [0.15, 0.2) is 6.20 Å². The van der Waals surface area contributed by atoms with Crippen molar-refractivity contribution in [3.8, 4) is 0 Å². The first-order valence-corrected chi connectivity index (χ1v) is 2.53. The Labute approximate surface area is 47.2 Å². The molecular formula is C5H3NS. The summed E-state index contributed by atoms with van der Waals surface area (Å²) in [6, 6.07) is 0. The van der Waals surface area contributed by atoms with Crippen molar-refractivity contribution in [1.29, 1.82) is 0 Å². The molecule has 34 valence electrons. The molecule has 0 aromatic carbocycles. The van der Waals surface area contributed by atoms with E-state index in [0.717, 1.165) is 0 Å². The van der Waals surface area contributed by atoms with Gasteiger partial charge in [-0.15, -0.1) is 0 Å². The normalized spacial score (nSPS) is 9.43. The van der Waals surface area contributed by atoms with Gasteiger partial charge in [-0.3, -0.25) is 0 Å². The Morgan fingerprint density at radius 1 is 1.57 bits per heavy atom. The van der Waals surface area contributed by atoms with E-state index in [-0.39, 0.29) is 0 Å². The average Bonchev–Trinajstić information content (AvgIpc) is 1.91. The van der Waals surface area contributed by atoms with E-state index in [9.17, 15) is 0 Å². The standard InChI is InChI=1S/C5H3NS/c1-4-3-6-7-5(4)2/h1-3H. The number of aromatic nitrogens is 1. The SMILES string of the molecule is [CH]c1cnsc1[CH]. The Bertz CT molecular complexity index is 140. The lowest BCUT2D eigenvalue weighted by Crippen LogP contribution is -1.62. The summed E-state index contributed by atoms with van der Waals surface area (Å²) in [7, 11) is 0. The van der Waals surface area contributed by atoms with Crippen molar-refractivity contribution in [2.24, 2.45) is 0 Å². The zero-order chi connectivity index (χ0) is 5.28. The molecule has 0 N–H and O–H groups in total. The molecule has 1 nitrogen and oxygen atoms in total. The largest absolute Gasteiger partial charge is 0.201 e. The fourth-order valence-electron chi connectivity index (χ4n) is 0.256. The summed E-state index contributed by atoms with van der Waals surface area (Å²) in [5.74, 6) is 0. The number of rotatable bonds is 0. The molecule has 0 unspecified atom stereocenters. The van der Waals surface area contributed by atoms with Crippen LogP contribution >= 0.6 is 11.5 Å². The number of hydrogen-bond acceptors (Lipinski definition) is 2. The molecule has 0 amide bonds. The summed E-state index contributed by atoms with van der Waals surface area (Å²) in [6.45, 7) is 10.5. The third kappa shape index (κ3) is 0.800. The lowest BCUT2D eigenvalue weighted by atomic mass is 10.3. The first-order chi connectivity index (χ1) is 3.30. The first-order valence-electron chi connectivity index (χ1n) is 1.76. The van der Waals surface area contributed by atoms with Crippen molar-refractivity contribution in [3.63, 3.8) is 0 Å². The molecule has 1 heterocycles. The highest BCUT2D eigenvalue weighted by Crippen LogP contribution is 2.07. The molecule has 0 saturated heterocycles. The van der Waals surface area contributed by atoms with Gasteiger partial charge in [0.15, 0.2) is 0 Å². The highest BCUT2D eigenvalue weighted by atomic mass is 32.1. The molecule has 0 saturated carbocycles. The summed E-state index contributed by atoms with van der Waals surface area (Å²) in [4.78, 5) is 0.597. The lowest BCUT2D eigenvalue weighted by Gasteiger charge is -1.75. The van der Waals surface area contributed by atoms with Gasteiger partial charge < -0.3 is 0 Å². The fourth-order valence-corrected chi connectivity index (χ4v) is 0.694. The summed E-state index contributed by atoms with van der Waals surface area (Å²) in [5.41, 5.74) is 0.574. The molecule has 1 aromatic rings. The van der Waals surface area contributed by atoms with E-state index in [2.05, 4.69) is 4.37 Å². The molecule has 0 aliphatic rings. The topological polar surface area (TPSA) is 12.9 Å². The molecule has 1 aromatic heterocycles. The smallest absolute Gasteiger partial charge is 0.0445 e. The van der Waals surface area contributed by atoms with Crippen LogP contribution in [0.2, 0.25) is 0 Å². The third-order valence-corrected chi connectivity index (χ3v) is 1.27. The molecule has 1 rings (SSSR count). The van der Waals surface area contributed by atoms with Gasteiger partial charge >= 0.3 is 0 Å². The molecule has 7 heavy (non-hydrogen) atoms. The van der Waals surface area contributed by atoms with Crippen molar-refractivity contribution < 1.29 is 0 Å². The first kappa shape index (κ1) is 4.78. The molecular weight excluding hydrogens is 106 g/mol. The van der Waals surface area contributed by atoms with E-state index in [1.807, 2.05) is 0 Å². The van der Waals surface area contributed by atoms with Gasteiger partial charge in [0.2, 0.25) is 0 Å². The van der Waals surface area contributed by atoms with Crippen LogP contribution in [-0.2, 0) is 0 Å². The molecule has 0 aliphatic carbocycles. The summed E-state index contributed by atoms with van der Waals surface area (Å²) in [5, 5.41) is 0. The van der Waals surface area contributed by atoms with Crippen LogP contribution in [0.3, 0.4) is 0 Å². The minimum Gasteiger partial charge on any atom is -0.201 e. The van der Waals surface area contributed by atoms with Crippen LogP contribution in [0, 0.1) is 13.8 Å². The Hall–Kier alpha value is -0.370. The van der Waals surface area contributed by atoms with Crippen LogP contribution in [0.1, 0.15) is 10.4 Å². The number of nitrogens with zero attached hydrogens (tertiary/aromatic N) is 1. The maximum atomic E-state index is 5.27. The van der Waals surface area contributed by atoms with E-state index >= 15 is 0 Å². The van der Waals surface area contributed by atoms with Gasteiger partial charge in [-0.1, -0.05) is 0 Å². The van der Waals surface area contributed by atoms with Crippen LogP contribution in [0.5, 0.6) is 0 Å². The minimum absolute atomic E-state index is 0.574. The fraction of sp³-hybridized carbons (Fsp3) is 0. The van der Waals surface area contributed by atoms with Crippen molar-refractivity contribution >= 4 is 11.5 Å². The molecule has 4 radical (unpaired) electrons. The van der Waals surface area contributed by atoms with Crippen LogP contribution < -0.4 is 0 Å². The van der Waals surface area contributed by atoms with Crippen molar-refractivity contribution in [1.82, 2.24) is 4.37 Å². The van der Waals surface area contributed by atoms with Crippen molar-refractivity contribution in [2.45, 2.75) is 0 Å². The van der Waals surface area contributed by atoms with Gasteiger partial charge in [-0.2, -0.15) is 0 Å². The lowest BCUT2D eigenvalue weighted by molar-refractivity contribution is 1.53. The second-order valence-corrected chi connectivity index (χ2v) is 1.98. The van der Waals surface area contributed by atoms with Crippen LogP contribution in [0.25, 0.3) is 0 Å². The minimum atomic E-state index is 0.574. The Morgan fingerprint density at radius 2 is 2.29 bits per heavy atom. The summed E-state index contributed by atoms with van der Waals surface area (Å²) >= 11 is 1.21. The Kier molecular flexibility index (Phi) is 1.11. The zero-order valence-corrected chi connectivity index (χ0v) is 4.40. The van der Waals surface area contributed by atoms with E-state index in [1.54, 1.807) is 6.20 Å². The van der Waals surface area contributed by atoms with Gasteiger partial charge in [0.1, 0.15) is 0 Å².